The van der Waals surface area contributed by atoms with Gasteiger partial charge in [-0.25, -0.2) is 0 Å². The molecule has 0 saturated heterocycles. The molecule has 1 aromatic heterocycles. The van der Waals surface area contributed by atoms with Gasteiger partial charge in [0.2, 0.25) is 0 Å². The number of hydrogen-bond donors (Lipinski definition) is 2. The zero-order chi connectivity index (χ0) is 18.7. The van der Waals surface area contributed by atoms with Crippen molar-refractivity contribution in [3.05, 3.63) is 63.1 Å². The molecule has 0 radical (unpaired) electrons. The highest BCUT2D eigenvalue weighted by atomic mass is 16.3. The second-order valence-corrected chi connectivity index (χ2v) is 5.97. The van der Waals surface area contributed by atoms with Gasteiger partial charge in [-0.3, -0.25) is 19.0 Å². The Hall–Kier alpha value is -3.24. The Morgan fingerprint density at radius 3 is 2.62 bits per heavy atom. The van der Waals surface area contributed by atoms with E-state index in [0.29, 0.717) is 41.8 Å². The number of hydrogen-bond acceptors (Lipinski definition) is 5. The van der Waals surface area contributed by atoms with Gasteiger partial charge in [0.05, 0.1) is 6.61 Å². The van der Waals surface area contributed by atoms with E-state index in [1.165, 1.54) is 10.6 Å². The average molecular weight is 351 g/mol. The maximum Gasteiger partial charge on any atom is 0.273 e. The van der Waals surface area contributed by atoms with Gasteiger partial charge in [-0.2, -0.15) is 5.26 Å². The first kappa shape index (κ1) is 17.6. The summed E-state index contributed by atoms with van der Waals surface area (Å²) >= 11 is 0. The number of ketones is 1. The highest BCUT2D eigenvalue weighted by Gasteiger charge is 2.24. The highest BCUT2D eigenvalue weighted by Crippen LogP contribution is 2.23. The minimum Gasteiger partial charge on any atom is -0.395 e. The second-order valence-electron chi connectivity index (χ2n) is 5.97. The number of aliphatic hydroxyl groups excluding tert-OH is 1. The Labute approximate surface area is 149 Å². The summed E-state index contributed by atoms with van der Waals surface area (Å²) in [5, 5.41) is 20.5. The summed E-state index contributed by atoms with van der Waals surface area (Å²) in [5.74, 6) is -0.405. The summed E-state index contributed by atoms with van der Waals surface area (Å²) in [7, 11) is 0. The number of aromatic nitrogens is 1. The zero-order valence-electron chi connectivity index (χ0n) is 14.0. The third-order valence-electron chi connectivity index (χ3n) is 4.33. The average Bonchev–Trinajstić information content (AvgIpc) is 2.66. The Bertz CT molecular complexity index is 968. The standard InChI is InChI=1S/C19H17N3O4/c20-11-13-10-15-16(2-1-3-17(15)24)22(19(13)26)14-6-4-12(5-7-14)18(25)21-8-9-23/h4-7,10,23H,1-3,8-9H2,(H,21,25). The molecule has 3 rings (SSSR count). The van der Waals surface area contributed by atoms with E-state index in [1.54, 1.807) is 24.3 Å². The smallest absolute Gasteiger partial charge is 0.273 e. The largest absolute Gasteiger partial charge is 0.395 e. The van der Waals surface area contributed by atoms with Crippen molar-refractivity contribution >= 4 is 11.7 Å². The summed E-state index contributed by atoms with van der Waals surface area (Å²) in [6.45, 7) is 0.000210. The lowest BCUT2D eigenvalue weighted by Crippen LogP contribution is -2.29. The number of benzene rings is 1. The van der Waals surface area contributed by atoms with Crippen molar-refractivity contribution in [2.45, 2.75) is 19.3 Å². The molecule has 1 aliphatic rings. The molecule has 0 bridgehead atoms. The van der Waals surface area contributed by atoms with E-state index in [1.807, 2.05) is 6.07 Å². The SMILES string of the molecule is N#Cc1cc2c(n(-c3ccc(C(=O)NCCO)cc3)c1=O)CCCC2=O. The predicted octanol–water partition coefficient (Wildman–Crippen LogP) is 0.950. The fourth-order valence-corrected chi connectivity index (χ4v) is 3.08. The van der Waals surface area contributed by atoms with Crippen LogP contribution < -0.4 is 10.9 Å². The molecule has 1 heterocycles. The second kappa shape index (κ2) is 7.33. The molecule has 26 heavy (non-hydrogen) atoms. The van der Waals surface area contributed by atoms with Crippen LogP contribution in [0, 0.1) is 11.3 Å². The number of rotatable bonds is 4. The van der Waals surface area contributed by atoms with E-state index in [2.05, 4.69) is 5.32 Å². The van der Waals surface area contributed by atoms with Crippen LogP contribution >= 0.6 is 0 Å². The quantitative estimate of drug-likeness (QED) is 0.852. The van der Waals surface area contributed by atoms with Crippen molar-refractivity contribution in [3.63, 3.8) is 0 Å². The number of nitriles is 1. The van der Waals surface area contributed by atoms with Crippen LogP contribution in [0.15, 0.2) is 35.1 Å². The molecule has 0 atom stereocenters. The summed E-state index contributed by atoms with van der Waals surface area (Å²) in [5.41, 5.74) is 1.34. The molecule has 1 amide bonds. The summed E-state index contributed by atoms with van der Waals surface area (Å²) in [6.07, 6.45) is 1.62. The van der Waals surface area contributed by atoms with Crippen molar-refractivity contribution in [2.75, 3.05) is 13.2 Å². The van der Waals surface area contributed by atoms with Crippen LogP contribution in [-0.2, 0) is 6.42 Å². The van der Waals surface area contributed by atoms with Gasteiger partial charge in [0.1, 0.15) is 11.6 Å². The molecular weight excluding hydrogens is 334 g/mol. The maximum absolute atomic E-state index is 12.7. The molecule has 0 aliphatic heterocycles. The molecule has 0 saturated carbocycles. The van der Waals surface area contributed by atoms with E-state index >= 15 is 0 Å². The van der Waals surface area contributed by atoms with Crippen molar-refractivity contribution in [3.8, 4) is 11.8 Å². The number of pyridine rings is 1. The molecule has 0 unspecified atom stereocenters. The molecule has 2 aromatic rings. The van der Waals surface area contributed by atoms with Crippen LogP contribution in [0.25, 0.3) is 5.69 Å². The lowest BCUT2D eigenvalue weighted by Gasteiger charge is -2.20. The molecule has 7 nitrogen and oxygen atoms in total. The van der Waals surface area contributed by atoms with Crippen molar-refractivity contribution in [1.29, 1.82) is 5.26 Å². The lowest BCUT2D eigenvalue weighted by molar-refractivity contribution is 0.0943. The van der Waals surface area contributed by atoms with Gasteiger partial charge in [-0.1, -0.05) is 0 Å². The van der Waals surface area contributed by atoms with Crippen LogP contribution in [0.1, 0.15) is 44.8 Å². The Balaban J connectivity index is 2.08. The van der Waals surface area contributed by atoms with Crippen LogP contribution in [0.4, 0.5) is 0 Å². The van der Waals surface area contributed by atoms with Crippen molar-refractivity contribution in [2.24, 2.45) is 0 Å². The first-order chi connectivity index (χ1) is 12.6. The van der Waals surface area contributed by atoms with Crippen molar-refractivity contribution < 1.29 is 14.7 Å². The van der Waals surface area contributed by atoms with Crippen LogP contribution in [0.5, 0.6) is 0 Å². The molecule has 0 fully saturated rings. The monoisotopic (exact) mass is 351 g/mol. The summed E-state index contributed by atoms with van der Waals surface area (Å²) in [6, 6.07) is 9.57. The predicted molar refractivity (Wildman–Crippen MR) is 93.4 cm³/mol. The number of Topliss-reactive ketones (excluding diaryl/α,β-unsaturated/α-hetero) is 1. The van der Waals surface area contributed by atoms with Gasteiger partial charge in [0.15, 0.2) is 5.78 Å². The van der Waals surface area contributed by atoms with E-state index in [0.717, 1.165) is 0 Å². The third-order valence-corrected chi connectivity index (χ3v) is 4.33. The third kappa shape index (κ3) is 3.15. The van der Waals surface area contributed by atoms with E-state index in [9.17, 15) is 19.6 Å². The van der Waals surface area contributed by atoms with Gasteiger partial charge in [0, 0.05) is 35.5 Å². The molecule has 7 heteroatoms. The van der Waals surface area contributed by atoms with Crippen LogP contribution in [-0.4, -0.2) is 34.5 Å². The number of nitrogens with zero attached hydrogens (tertiary/aromatic N) is 2. The normalized spacial score (nSPS) is 13.0. The van der Waals surface area contributed by atoms with E-state index in [4.69, 9.17) is 5.11 Å². The number of nitrogens with one attached hydrogen (secondary N) is 1. The fraction of sp³-hybridized carbons (Fsp3) is 0.263. The lowest BCUT2D eigenvalue weighted by atomic mass is 9.93. The first-order valence-corrected chi connectivity index (χ1v) is 8.28. The topological polar surface area (TPSA) is 112 Å². The Morgan fingerprint density at radius 2 is 1.96 bits per heavy atom. The molecule has 2 N–H and O–H groups in total. The number of carbonyl (C=O) groups excluding carboxylic acids is 2. The Morgan fingerprint density at radius 1 is 1.23 bits per heavy atom. The molecule has 1 aromatic carbocycles. The molecule has 132 valence electrons. The maximum atomic E-state index is 12.7. The first-order valence-electron chi connectivity index (χ1n) is 8.28. The van der Waals surface area contributed by atoms with Crippen LogP contribution in [0.2, 0.25) is 0 Å². The van der Waals surface area contributed by atoms with Crippen LogP contribution in [0.3, 0.4) is 0 Å². The Kier molecular flexibility index (Phi) is 4.96. The number of carbonyl (C=O) groups is 2. The number of aliphatic hydroxyl groups is 1. The summed E-state index contributed by atoms with van der Waals surface area (Å²) in [4.78, 5) is 36.8. The van der Waals surface area contributed by atoms with E-state index in [-0.39, 0.29) is 30.4 Å². The fourth-order valence-electron chi connectivity index (χ4n) is 3.08. The zero-order valence-corrected chi connectivity index (χ0v) is 14.0. The summed E-state index contributed by atoms with van der Waals surface area (Å²) < 4.78 is 1.39. The van der Waals surface area contributed by atoms with Gasteiger partial charge in [-0.05, 0) is 43.2 Å². The van der Waals surface area contributed by atoms with Gasteiger partial charge in [0.25, 0.3) is 11.5 Å². The highest BCUT2D eigenvalue weighted by molar-refractivity contribution is 5.98. The van der Waals surface area contributed by atoms with Crippen molar-refractivity contribution in [1.82, 2.24) is 9.88 Å². The van der Waals surface area contributed by atoms with Gasteiger partial charge >= 0.3 is 0 Å². The molecule has 1 aliphatic carbocycles. The minimum atomic E-state index is -0.474. The molecular formula is C19H17N3O4. The molecule has 0 spiro atoms. The minimum absolute atomic E-state index is 0.0727. The van der Waals surface area contributed by atoms with Gasteiger partial charge < -0.3 is 10.4 Å². The van der Waals surface area contributed by atoms with E-state index < -0.39 is 5.56 Å². The van der Waals surface area contributed by atoms with Gasteiger partial charge in [-0.15, -0.1) is 0 Å². The number of fused-ring (bicyclic) bond motifs is 1. The number of amides is 1.